The first-order valence-corrected chi connectivity index (χ1v) is 8.52. The van der Waals surface area contributed by atoms with Crippen molar-refractivity contribution in [2.45, 2.75) is 96.1 Å². The molecular weight excluding hydrogens is 248 g/mol. The molecule has 0 aromatic carbocycles. The molecular formula is C16H31N4. The van der Waals surface area contributed by atoms with Gasteiger partial charge in [-0.1, -0.05) is 84.0 Å². The normalized spacial score (nSPS) is 14.4. The Labute approximate surface area is 124 Å². The molecule has 0 fully saturated rings. The van der Waals surface area contributed by atoms with E-state index in [-0.39, 0.29) is 6.17 Å². The van der Waals surface area contributed by atoms with Gasteiger partial charge in [-0.2, -0.15) is 0 Å². The average Bonchev–Trinajstić information content (AvgIpc) is 2.97. The van der Waals surface area contributed by atoms with E-state index in [0.717, 1.165) is 12.8 Å². The summed E-state index contributed by atoms with van der Waals surface area (Å²) in [5.41, 5.74) is 0. The summed E-state index contributed by atoms with van der Waals surface area (Å²) in [6.07, 6.45) is 18.6. The van der Waals surface area contributed by atoms with Crippen LogP contribution in [0, 0.1) is 6.92 Å². The van der Waals surface area contributed by atoms with Gasteiger partial charge in [0.05, 0.1) is 0 Å². The molecule has 0 N–H and O–H groups in total. The molecule has 0 saturated carbocycles. The zero-order valence-electron chi connectivity index (χ0n) is 13.0. The fourth-order valence-electron chi connectivity index (χ4n) is 2.58. The largest absolute Gasteiger partial charge is 0.185 e. The lowest BCUT2D eigenvalue weighted by Gasteiger charge is -2.03. The topological polar surface area (TPSA) is 49.4 Å². The van der Waals surface area contributed by atoms with Crippen molar-refractivity contribution in [1.82, 2.24) is 0 Å². The van der Waals surface area contributed by atoms with Gasteiger partial charge in [-0.15, -0.1) is 10.2 Å². The Kier molecular flexibility index (Phi) is 11.4. The number of nitrogens with zero attached hydrogens (tertiary/aromatic N) is 4. The van der Waals surface area contributed by atoms with Crippen LogP contribution in [0.15, 0.2) is 20.7 Å². The van der Waals surface area contributed by atoms with Gasteiger partial charge in [0.25, 0.3) is 0 Å². The summed E-state index contributed by atoms with van der Waals surface area (Å²) >= 11 is 0. The van der Waals surface area contributed by atoms with Gasteiger partial charge in [-0.25, -0.2) is 0 Å². The molecule has 0 spiro atoms. The monoisotopic (exact) mass is 279 g/mol. The van der Waals surface area contributed by atoms with Gasteiger partial charge in [0.15, 0.2) is 6.17 Å². The highest BCUT2D eigenvalue weighted by molar-refractivity contribution is 4.61. The number of rotatable bonds is 14. The average molecular weight is 279 g/mol. The Morgan fingerprint density at radius 2 is 0.950 bits per heavy atom. The standard InChI is InChI=1S/C16H31N4/c1-2-3-4-5-6-7-8-9-10-11-12-13-14-15-16-17-19-20-18-16/h16H,1-15H2. The first-order chi connectivity index (χ1) is 9.93. The predicted molar refractivity (Wildman–Crippen MR) is 83.5 cm³/mol. The molecule has 0 atom stereocenters. The number of unbranched alkanes of at least 4 members (excludes halogenated alkanes) is 12. The SMILES string of the molecule is [CH2]CCCCCCCCCCCCCCC1N=NN=N1. The number of hydrogen-bond donors (Lipinski definition) is 0. The minimum absolute atomic E-state index is 0.0264. The minimum Gasteiger partial charge on any atom is -0.138 e. The van der Waals surface area contributed by atoms with E-state index in [0.29, 0.717) is 0 Å². The van der Waals surface area contributed by atoms with Crippen LogP contribution in [0.5, 0.6) is 0 Å². The summed E-state index contributed by atoms with van der Waals surface area (Å²) in [4.78, 5) is 0. The van der Waals surface area contributed by atoms with E-state index < -0.39 is 0 Å². The zero-order valence-corrected chi connectivity index (χ0v) is 13.0. The van der Waals surface area contributed by atoms with Crippen LogP contribution >= 0.6 is 0 Å². The van der Waals surface area contributed by atoms with Gasteiger partial charge in [0, 0.05) is 0 Å². The second-order valence-corrected chi connectivity index (χ2v) is 5.78. The van der Waals surface area contributed by atoms with Crippen molar-refractivity contribution in [3.8, 4) is 0 Å². The molecule has 1 heterocycles. The van der Waals surface area contributed by atoms with Gasteiger partial charge in [-0.3, -0.25) is 0 Å². The van der Waals surface area contributed by atoms with Gasteiger partial charge >= 0.3 is 0 Å². The Hall–Kier alpha value is -0.800. The van der Waals surface area contributed by atoms with Crippen molar-refractivity contribution < 1.29 is 0 Å². The van der Waals surface area contributed by atoms with E-state index in [9.17, 15) is 0 Å². The van der Waals surface area contributed by atoms with Crippen molar-refractivity contribution in [2.75, 3.05) is 0 Å². The molecule has 20 heavy (non-hydrogen) atoms. The summed E-state index contributed by atoms with van der Waals surface area (Å²) in [7, 11) is 0. The fourth-order valence-corrected chi connectivity index (χ4v) is 2.58. The van der Waals surface area contributed by atoms with E-state index in [4.69, 9.17) is 0 Å². The first-order valence-electron chi connectivity index (χ1n) is 8.52. The quantitative estimate of drug-likeness (QED) is 0.328. The molecule has 4 heteroatoms. The summed E-state index contributed by atoms with van der Waals surface area (Å²) in [6.45, 7) is 3.88. The minimum atomic E-state index is 0.0264. The van der Waals surface area contributed by atoms with Crippen LogP contribution in [-0.4, -0.2) is 6.17 Å². The summed E-state index contributed by atoms with van der Waals surface area (Å²) in [6, 6.07) is 0. The summed E-state index contributed by atoms with van der Waals surface area (Å²) in [5, 5.41) is 14.9. The molecule has 0 aromatic heterocycles. The van der Waals surface area contributed by atoms with E-state index in [1.54, 1.807) is 0 Å². The third-order valence-corrected chi connectivity index (χ3v) is 3.87. The van der Waals surface area contributed by atoms with Crippen LogP contribution < -0.4 is 0 Å². The third-order valence-electron chi connectivity index (χ3n) is 3.87. The van der Waals surface area contributed by atoms with Crippen LogP contribution in [0.2, 0.25) is 0 Å². The molecule has 4 nitrogen and oxygen atoms in total. The fraction of sp³-hybridized carbons (Fsp3) is 0.938. The molecule has 0 saturated heterocycles. The third kappa shape index (κ3) is 10.0. The maximum Gasteiger partial charge on any atom is 0.185 e. The van der Waals surface area contributed by atoms with Crippen LogP contribution in [0.1, 0.15) is 89.9 Å². The zero-order chi connectivity index (χ0) is 14.3. The lowest BCUT2D eigenvalue weighted by atomic mass is 10.0. The molecule has 0 amide bonds. The maximum atomic E-state index is 3.92. The number of hydrogen-bond acceptors (Lipinski definition) is 4. The van der Waals surface area contributed by atoms with Crippen LogP contribution in [-0.2, 0) is 0 Å². The molecule has 115 valence electrons. The Morgan fingerprint density at radius 1 is 0.550 bits per heavy atom. The van der Waals surface area contributed by atoms with Crippen LogP contribution in [0.4, 0.5) is 0 Å². The van der Waals surface area contributed by atoms with Crippen molar-refractivity contribution in [1.29, 1.82) is 0 Å². The molecule has 0 aliphatic carbocycles. The van der Waals surface area contributed by atoms with E-state index in [1.807, 2.05) is 0 Å². The molecule has 0 unspecified atom stereocenters. The highest BCUT2D eigenvalue weighted by Crippen LogP contribution is 2.15. The Morgan fingerprint density at radius 3 is 1.40 bits per heavy atom. The van der Waals surface area contributed by atoms with Crippen molar-refractivity contribution in [3.63, 3.8) is 0 Å². The van der Waals surface area contributed by atoms with Gasteiger partial charge in [0.1, 0.15) is 0 Å². The van der Waals surface area contributed by atoms with Gasteiger partial charge < -0.3 is 0 Å². The van der Waals surface area contributed by atoms with E-state index >= 15 is 0 Å². The smallest absolute Gasteiger partial charge is 0.138 e. The highest BCUT2D eigenvalue weighted by Gasteiger charge is 2.07. The molecule has 1 aliphatic rings. The highest BCUT2D eigenvalue weighted by atomic mass is 15.6. The van der Waals surface area contributed by atoms with Crippen molar-refractivity contribution in [3.05, 3.63) is 6.92 Å². The van der Waals surface area contributed by atoms with Crippen molar-refractivity contribution in [2.24, 2.45) is 20.7 Å². The predicted octanol–water partition coefficient (Wildman–Crippen LogP) is 6.44. The lowest BCUT2D eigenvalue weighted by Crippen LogP contribution is -1.95. The Bertz CT molecular complexity index is 251. The molecule has 0 aromatic rings. The van der Waals surface area contributed by atoms with Crippen LogP contribution in [0.3, 0.4) is 0 Å². The Balaban J connectivity index is 1.68. The first kappa shape index (κ1) is 17.3. The lowest BCUT2D eigenvalue weighted by molar-refractivity contribution is 0.521. The summed E-state index contributed by atoms with van der Waals surface area (Å²) in [5.74, 6) is 0. The van der Waals surface area contributed by atoms with Gasteiger partial charge in [0.2, 0.25) is 0 Å². The second kappa shape index (κ2) is 13.2. The second-order valence-electron chi connectivity index (χ2n) is 5.78. The van der Waals surface area contributed by atoms with Crippen molar-refractivity contribution >= 4 is 0 Å². The van der Waals surface area contributed by atoms with Gasteiger partial charge in [-0.05, 0) is 23.3 Å². The van der Waals surface area contributed by atoms with E-state index in [1.165, 1.54) is 77.0 Å². The summed E-state index contributed by atoms with van der Waals surface area (Å²) < 4.78 is 0. The molecule has 1 rings (SSSR count). The molecule has 1 aliphatic heterocycles. The van der Waals surface area contributed by atoms with E-state index in [2.05, 4.69) is 27.6 Å². The molecule has 1 radical (unpaired) electrons. The molecule has 0 bridgehead atoms. The van der Waals surface area contributed by atoms with Crippen LogP contribution in [0.25, 0.3) is 0 Å². The maximum absolute atomic E-state index is 3.92.